The summed E-state index contributed by atoms with van der Waals surface area (Å²) in [6.45, 7) is 6.49. The Morgan fingerprint density at radius 3 is 2.39 bits per heavy atom. The zero-order valence-corrected chi connectivity index (χ0v) is 12.0. The maximum atomic E-state index is 12.7. The van der Waals surface area contributed by atoms with Crippen LogP contribution in [-0.2, 0) is 0 Å². The predicted molar refractivity (Wildman–Crippen MR) is 74.3 cm³/mol. The van der Waals surface area contributed by atoms with Gasteiger partial charge in [-0.3, -0.25) is 9.69 Å². The molecule has 1 aromatic carbocycles. The first-order chi connectivity index (χ1) is 8.47. The van der Waals surface area contributed by atoms with Crippen molar-refractivity contribution in [3.63, 3.8) is 0 Å². The Kier molecular flexibility index (Phi) is 4.91. The van der Waals surface area contributed by atoms with E-state index in [-0.39, 0.29) is 5.78 Å². The van der Waals surface area contributed by atoms with Gasteiger partial charge in [-0.25, -0.2) is 0 Å². The monoisotopic (exact) mass is 249 g/mol. The summed E-state index contributed by atoms with van der Waals surface area (Å²) in [6.07, 6.45) is 0.763. The average Bonchev–Trinajstić information content (AvgIpc) is 2.37. The molecule has 0 N–H and O–H groups in total. The Bertz CT molecular complexity index is 415. The number of likely N-dealkylation sites (N-methyl/N-ethyl adjacent to an activating group) is 1. The van der Waals surface area contributed by atoms with Crippen molar-refractivity contribution in [2.75, 3.05) is 20.7 Å². The normalized spacial score (nSPS) is 14.3. The fourth-order valence-electron chi connectivity index (χ4n) is 1.91. The van der Waals surface area contributed by atoms with Gasteiger partial charge < -0.3 is 4.74 Å². The van der Waals surface area contributed by atoms with Crippen LogP contribution in [0.2, 0.25) is 0 Å². The van der Waals surface area contributed by atoms with Crippen LogP contribution in [0.4, 0.5) is 0 Å². The number of Topliss-reactive ketones (excluding diaryl/α,β-unsaturated/α-hetero) is 1. The molecule has 0 radical (unpaired) electrons. The molecule has 0 bridgehead atoms. The first-order valence-electron chi connectivity index (χ1n) is 6.41. The van der Waals surface area contributed by atoms with E-state index in [1.165, 1.54) is 0 Å². The van der Waals surface area contributed by atoms with E-state index in [1.54, 1.807) is 0 Å². The third-order valence-electron chi connectivity index (χ3n) is 3.60. The number of hydrogen-bond donors (Lipinski definition) is 0. The van der Waals surface area contributed by atoms with Gasteiger partial charge >= 0.3 is 0 Å². The van der Waals surface area contributed by atoms with Gasteiger partial charge in [-0.2, -0.15) is 0 Å². The van der Waals surface area contributed by atoms with E-state index in [0.29, 0.717) is 17.9 Å². The lowest BCUT2D eigenvalue weighted by Gasteiger charge is -2.34. The van der Waals surface area contributed by atoms with Crippen LogP contribution in [0.3, 0.4) is 0 Å². The summed E-state index contributed by atoms with van der Waals surface area (Å²) in [4.78, 5) is 14.7. The lowest BCUT2D eigenvalue weighted by molar-refractivity contribution is 0.0706. The summed E-state index contributed by atoms with van der Waals surface area (Å²) in [7, 11) is 3.87. The minimum absolute atomic E-state index is 0.110. The Hall–Kier alpha value is -1.35. The van der Waals surface area contributed by atoms with Gasteiger partial charge in [0.15, 0.2) is 5.78 Å². The van der Waals surface area contributed by atoms with Crippen LogP contribution >= 0.6 is 0 Å². The highest BCUT2D eigenvalue weighted by Crippen LogP contribution is 2.27. The second kappa shape index (κ2) is 6.01. The Labute approximate surface area is 110 Å². The number of ether oxygens (including phenoxy) is 1. The lowest BCUT2D eigenvalue weighted by atomic mass is 9.87. The largest absolute Gasteiger partial charge is 0.493 e. The van der Waals surface area contributed by atoms with E-state index in [0.717, 1.165) is 6.42 Å². The number of rotatable bonds is 6. The third-order valence-corrected chi connectivity index (χ3v) is 3.60. The minimum atomic E-state index is -0.493. The molecule has 1 rings (SSSR count). The smallest absolute Gasteiger partial charge is 0.186 e. The molecule has 3 nitrogen and oxygen atoms in total. The zero-order valence-electron chi connectivity index (χ0n) is 12.0. The average molecular weight is 249 g/mol. The van der Waals surface area contributed by atoms with Crippen molar-refractivity contribution in [2.24, 2.45) is 0 Å². The summed E-state index contributed by atoms with van der Waals surface area (Å²) < 4.78 is 5.54. The second-order valence-corrected chi connectivity index (χ2v) is 4.78. The van der Waals surface area contributed by atoms with E-state index in [4.69, 9.17) is 4.74 Å². The lowest BCUT2D eigenvalue weighted by Crippen LogP contribution is -2.48. The molecular weight excluding hydrogens is 226 g/mol. The van der Waals surface area contributed by atoms with Crippen molar-refractivity contribution in [3.05, 3.63) is 29.8 Å². The fraction of sp³-hybridized carbons (Fsp3) is 0.533. The molecule has 0 aliphatic rings. The van der Waals surface area contributed by atoms with Crippen LogP contribution in [0.1, 0.15) is 37.6 Å². The number of carbonyl (C=O) groups is 1. The molecule has 0 fully saturated rings. The molecule has 1 aromatic rings. The summed E-state index contributed by atoms with van der Waals surface area (Å²) >= 11 is 0. The number of carbonyl (C=O) groups excluding carboxylic acids is 1. The van der Waals surface area contributed by atoms with Crippen LogP contribution in [0.5, 0.6) is 5.75 Å². The molecular formula is C15H23NO2. The highest BCUT2D eigenvalue weighted by molar-refractivity contribution is 6.05. The molecule has 100 valence electrons. The Morgan fingerprint density at radius 2 is 1.89 bits per heavy atom. The second-order valence-electron chi connectivity index (χ2n) is 4.78. The van der Waals surface area contributed by atoms with Crippen LogP contribution in [0.15, 0.2) is 24.3 Å². The van der Waals surface area contributed by atoms with E-state index in [2.05, 4.69) is 0 Å². The molecule has 1 atom stereocenters. The number of nitrogens with zero attached hydrogens (tertiary/aromatic N) is 1. The maximum absolute atomic E-state index is 12.7. The van der Waals surface area contributed by atoms with Gasteiger partial charge in [0.05, 0.1) is 17.7 Å². The Balaban J connectivity index is 3.17. The standard InChI is InChI=1S/C15H23NO2/c1-6-15(3,16(4)5)14(17)12-10-8-9-11-13(12)18-7-2/h8-11H,6-7H2,1-5H3. The van der Waals surface area contributed by atoms with Gasteiger partial charge in [0.1, 0.15) is 5.75 Å². The van der Waals surface area contributed by atoms with Crippen molar-refractivity contribution in [3.8, 4) is 5.75 Å². The molecule has 0 aliphatic heterocycles. The molecule has 3 heteroatoms. The van der Waals surface area contributed by atoms with E-state index in [1.807, 2.05) is 64.0 Å². The molecule has 0 amide bonds. The summed E-state index contributed by atoms with van der Waals surface area (Å²) in [5, 5.41) is 0. The number of hydrogen-bond acceptors (Lipinski definition) is 3. The molecule has 0 saturated carbocycles. The number of ketones is 1. The van der Waals surface area contributed by atoms with Gasteiger partial charge in [-0.1, -0.05) is 19.1 Å². The highest BCUT2D eigenvalue weighted by Gasteiger charge is 2.35. The van der Waals surface area contributed by atoms with Crippen LogP contribution in [0, 0.1) is 0 Å². The van der Waals surface area contributed by atoms with Gasteiger partial charge in [0.2, 0.25) is 0 Å². The van der Waals surface area contributed by atoms with Crippen molar-refractivity contribution in [1.29, 1.82) is 0 Å². The minimum Gasteiger partial charge on any atom is -0.493 e. The maximum Gasteiger partial charge on any atom is 0.186 e. The molecule has 0 aromatic heterocycles. The Morgan fingerprint density at radius 1 is 1.28 bits per heavy atom. The van der Waals surface area contributed by atoms with E-state index < -0.39 is 5.54 Å². The molecule has 18 heavy (non-hydrogen) atoms. The molecule has 0 aliphatic carbocycles. The van der Waals surface area contributed by atoms with Gasteiger partial charge in [-0.05, 0) is 46.5 Å². The SMILES string of the molecule is CCOc1ccccc1C(=O)C(C)(CC)N(C)C. The first-order valence-corrected chi connectivity index (χ1v) is 6.41. The molecule has 0 saturated heterocycles. The van der Waals surface area contributed by atoms with Crippen molar-refractivity contribution >= 4 is 5.78 Å². The predicted octanol–water partition coefficient (Wildman–Crippen LogP) is 3.00. The highest BCUT2D eigenvalue weighted by atomic mass is 16.5. The topological polar surface area (TPSA) is 29.5 Å². The number of benzene rings is 1. The zero-order chi connectivity index (χ0) is 13.8. The number of para-hydroxylation sites is 1. The van der Waals surface area contributed by atoms with Crippen LogP contribution < -0.4 is 4.74 Å². The molecule has 1 unspecified atom stereocenters. The van der Waals surface area contributed by atoms with Crippen LogP contribution in [-0.4, -0.2) is 36.9 Å². The van der Waals surface area contributed by atoms with Crippen molar-refractivity contribution in [1.82, 2.24) is 4.90 Å². The quantitative estimate of drug-likeness (QED) is 0.726. The molecule has 0 spiro atoms. The van der Waals surface area contributed by atoms with Gasteiger partial charge in [0.25, 0.3) is 0 Å². The summed E-state index contributed by atoms with van der Waals surface area (Å²) in [6, 6.07) is 7.45. The van der Waals surface area contributed by atoms with E-state index >= 15 is 0 Å². The molecule has 0 heterocycles. The fourth-order valence-corrected chi connectivity index (χ4v) is 1.91. The summed E-state index contributed by atoms with van der Waals surface area (Å²) in [5.41, 5.74) is 0.171. The van der Waals surface area contributed by atoms with E-state index in [9.17, 15) is 4.79 Å². The van der Waals surface area contributed by atoms with Crippen molar-refractivity contribution in [2.45, 2.75) is 32.7 Å². The summed E-state index contributed by atoms with van der Waals surface area (Å²) in [5.74, 6) is 0.783. The van der Waals surface area contributed by atoms with Crippen molar-refractivity contribution < 1.29 is 9.53 Å². The van der Waals surface area contributed by atoms with Crippen LogP contribution in [0.25, 0.3) is 0 Å². The third kappa shape index (κ3) is 2.72. The van der Waals surface area contributed by atoms with Gasteiger partial charge in [-0.15, -0.1) is 0 Å². The van der Waals surface area contributed by atoms with Gasteiger partial charge in [0, 0.05) is 0 Å². The first kappa shape index (κ1) is 14.7.